The summed E-state index contributed by atoms with van der Waals surface area (Å²) in [5, 5.41) is 8.41. The van der Waals surface area contributed by atoms with Gasteiger partial charge in [-0.3, -0.25) is 9.59 Å². The molecule has 12 heavy (non-hydrogen) atoms. The van der Waals surface area contributed by atoms with Crippen molar-refractivity contribution in [1.82, 2.24) is 4.90 Å². The SMILES string of the molecule is C=CCC(=O)N(CC)CC(=O)O. The Morgan fingerprint density at radius 2 is 2.17 bits per heavy atom. The fourth-order valence-electron chi connectivity index (χ4n) is 0.792. The lowest BCUT2D eigenvalue weighted by Gasteiger charge is -2.17. The van der Waals surface area contributed by atoms with Crippen LogP contribution in [-0.4, -0.2) is 35.0 Å². The number of likely N-dealkylation sites (N-methyl/N-ethyl adjacent to an activating group) is 1. The normalized spacial score (nSPS) is 9.08. The summed E-state index contributed by atoms with van der Waals surface area (Å²) in [5.41, 5.74) is 0. The maximum atomic E-state index is 11.1. The van der Waals surface area contributed by atoms with Crippen LogP contribution in [0.15, 0.2) is 12.7 Å². The third-order valence-electron chi connectivity index (χ3n) is 1.38. The smallest absolute Gasteiger partial charge is 0.323 e. The van der Waals surface area contributed by atoms with Crippen LogP contribution in [0.4, 0.5) is 0 Å². The van der Waals surface area contributed by atoms with Gasteiger partial charge >= 0.3 is 5.97 Å². The summed E-state index contributed by atoms with van der Waals surface area (Å²) < 4.78 is 0. The molecule has 0 aliphatic rings. The molecule has 0 aliphatic carbocycles. The van der Waals surface area contributed by atoms with E-state index in [1.807, 2.05) is 0 Å². The largest absolute Gasteiger partial charge is 0.480 e. The Labute approximate surface area is 71.5 Å². The van der Waals surface area contributed by atoms with Gasteiger partial charge in [0.15, 0.2) is 0 Å². The van der Waals surface area contributed by atoms with Gasteiger partial charge in [0.25, 0.3) is 0 Å². The van der Waals surface area contributed by atoms with Crippen LogP contribution < -0.4 is 0 Å². The minimum absolute atomic E-state index is 0.196. The molecule has 0 aromatic carbocycles. The van der Waals surface area contributed by atoms with Crippen molar-refractivity contribution in [2.24, 2.45) is 0 Å². The van der Waals surface area contributed by atoms with Crippen LogP contribution in [0, 0.1) is 0 Å². The van der Waals surface area contributed by atoms with Crippen LogP contribution in [0.5, 0.6) is 0 Å². The van der Waals surface area contributed by atoms with E-state index in [1.165, 1.54) is 11.0 Å². The number of hydrogen-bond donors (Lipinski definition) is 1. The lowest BCUT2D eigenvalue weighted by atomic mass is 10.3. The first-order chi connectivity index (χ1) is 5.61. The van der Waals surface area contributed by atoms with Crippen LogP contribution in [0.3, 0.4) is 0 Å². The van der Waals surface area contributed by atoms with E-state index in [0.29, 0.717) is 6.54 Å². The van der Waals surface area contributed by atoms with Crippen molar-refractivity contribution in [1.29, 1.82) is 0 Å². The molecular weight excluding hydrogens is 158 g/mol. The fourth-order valence-corrected chi connectivity index (χ4v) is 0.792. The van der Waals surface area contributed by atoms with Crippen LogP contribution in [0.25, 0.3) is 0 Å². The highest BCUT2D eigenvalue weighted by atomic mass is 16.4. The van der Waals surface area contributed by atoms with Crippen molar-refractivity contribution in [2.45, 2.75) is 13.3 Å². The molecule has 0 atom stereocenters. The lowest BCUT2D eigenvalue weighted by molar-refractivity contribution is -0.143. The minimum Gasteiger partial charge on any atom is -0.480 e. The first-order valence-corrected chi connectivity index (χ1v) is 3.72. The average molecular weight is 171 g/mol. The Kier molecular flexibility index (Phi) is 4.76. The van der Waals surface area contributed by atoms with E-state index < -0.39 is 5.97 Å². The Hall–Kier alpha value is -1.32. The predicted octanol–water partition coefficient (Wildman–Crippen LogP) is 0.496. The average Bonchev–Trinajstić information content (AvgIpc) is 2.00. The molecule has 4 heteroatoms. The first kappa shape index (κ1) is 10.7. The van der Waals surface area contributed by atoms with Gasteiger partial charge in [-0.15, -0.1) is 6.58 Å². The van der Waals surface area contributed by atoms with Gasteiger partial charge in [0.1, 0.15) is 6.54 Å². The predicted molar refractivity (Wildman–Crippen MR) is 44.7 cm³/mol. The van der Waals surface area contributed by atoms with E-state index in [4.69, 9.17) is 5.11 Å². The number of carboxylic acids is 1. The van der Waals surface area contributed by atoms with Crippen molar-refractivity contribution < 1.29 is 14.7 Å². The van der Waals surface area contributed by atoms with E-state index in [0.717, 1.165) is 0 Å². The summed E-state index contributed by atoms with van der Waals surface area (Å²) in [6.45, 7) is 5.32. The van der Waals surface area contributed by atoms with E-state index in [-0.39, 0.29) is 18.9 Å². The molecule has 1 N–H and O–H groups in total. The molecule has 1 amide bonds. The van der Waals surface area contributed by atoms with E-state index in [1.54, 1.807) is 6.92 Å². The minimum atomic E-state index is -0.991. The maximum Gasteiger partial charge on any atom is 0.323 e. The molecule has 0 fully saturated rings. The molecule has 0 aliphatic heterocycles. The second-order valence-electron chi connectivity index (χ2n) is 2.29. The number of rotatable bonds is 5. The topological polar surface area (TPSA) is 57.6 Å². The van der Waals surface area contributed by atoms with Gasteiger partial charge in [-0.1, -0.05) is 6.08 Å². The summed E-state index contributed by atoms with van der Waals surface area (Å²) >= 11 is 0. The number of amides is 1. The number of carboxylic acid groups (broad SMARTS) is 1. The van der Waals surface area contributed by atoms with Crippen LogP contribution in [0.2, 0.25) is 0 Å². The zero-order valence-corrected chi connectivity index (χ0v) is 7.12. The molecule has 0 rings (SSSR count). The van der Waals surface area contributed by atoms with Gasteiger partial charge in [0.2, 0.25) is 5.91 Å². The van der Waals surface area contributed by atoms with Crippen molar-refractivity contribution >= 4 is 11.9 Å². The molecule has 0 aromatic rings. The highest BCUT2D eigenvalue weighted by Gasteiger charge is 2.12. The highest BCUT2D eigenvalue weighted by Crippen LogP contribution is 1.94. The number of hydrogen-bond acceptors (Lipinski definition) is 2. The zero-order valence-electron chi connectivity index (χ0n) is 7.12. The van der Waals surface area contributed by atoms with E-state index >= 15 is 0 Å². The quantitative estimate of drug-likeness (QED) is 0.612. The standard InChI is InChI=1S/C8H13NO3/c1-3-5-7(10)9(4-2)6-8(11)12/h3H,1,4-6H2,2H3,(H,11,12). The number of nitrogens with zero attached hydrogens (tertiary/aromatic N) is 1. The van der Waals surface area contributed by atoms with Gasteiger partial charge in [-0.05, 0) is 6.92 Å². The molecule has 0 aromatic heterocycles. The molecule has 0 radical (unpaired) electrons. The molecule has 0 saturated heterocycles. The zero-order chi connectivity index (χ0) is 9.56. The summed E-state index contributed by atoms with van der Waals surface area (Å²) in [7, 11) is 0. The third-order valence-corrected chi connectivity index (χ3v) is 1.38. The van der Waals surface area contributed by atoms with E-state index in [2.05, 4.69) is 6.58 Å². The Balaban J connectivity index is 4.04. The van der Waals surface area contributed by atoms with Gasteiger partial charge in [0, 0.05) is 13.0 Å². The van der Waals surface area contributed by atoms with Crippen molar-refractivity contribution in [2.75, 3.05) is 13.1 Å². The monoisotopic (exact) mass is 171 g/mol. The van der Waals surface area contributed by atoms with Crippen molar-refractivity contribution in [3.05, 3.63) is 12.7 Å². The highest BCUT2D eigenvalue weighted by molar-refractivity contribution is 5.82. The molecule has 0 spiro atoms. The van der Waals surface area contributed by atoms with Crippen molar-refractivity contribution in [3.63, 3.8) is 0 Å². The Morgan fingerprint density at radius 1 is 1.58 bits per heavy atom. The summed E-state index contributed by atoms with van der Waals surface area (Å²) in [5.74, 6) is -1.19. The summed E-state index contributed by atoms with van der Waals surface area (Å²) in [4.78, 5) is 22.6. The van der Waals surface area contributed by atoms with Crippen LogP contribution in [-0.2, 0) is 9.59 Å². The molecule has 4 nitrogen and oxygen atoms in total. The first-order valence-electron chi connectivity index (χ1n) is 3.72. The summed E-state index contributed by atoms with van der Waals surface area (Å²) in [6, 6.07) is 0. The fraction of sp³-hybridized carbons (Fsp3) is 0.500. The van der Waals surface area contributed by atoms with Gasteiger partial charge in [-0.2, -0.15) is 0 Å². The third kappa shape index (κ3) is 3.75. The number of carbonyl (C=O) groups excluding carboxylic acids is 1. The van der Waals surface area contributed by atoms with Crippen LogP contribution in [0.1, 0.15) is 13.3 Å². The van der Waals surface area contributed by atoms with Gasteiger partial charge in [-0.25, -0.2) is 0 Å². The maximum absolute atomic E-state index is 11.1. The van der Waals surface area contributed by atoms with E-state index in [9.17, 15) is 9.59 Å². The molecular formula is C8H13NO3. The summed E-state index contributed by atoms with van der Waals surface area (Å²) in [6.07, 6.45) is 1.66. The second-order valence-corrected chi connectivity index (χ2v) is 2.29. The molecule has 0 bridgehead atoms. The molecule has 68 valence electrons. The number of carbonyl (C=O) groups is 2. The molecule has 0 unspecified atom stereocenters. The Bertz CT molecular complexity index is 189. The number of aliphatic carboxylic acids is 1. The van der Waals surface area contributed by atoms with Gasteiger partial charge in [0.05, 0.1) is 0 Å². The molecule has 0 heterocycles. The molecule has 0 saturated carbocycles. The lowest BCUT2D eigenvalue weighted by Crippen LogP contribution is -2.34. The van der Waals surface area contributed by atoms with Crippen molar-refractivity contribution in [3.8, 4) is 0 Å². The van der Waals surface area contributed by atoms with Crippen LogP contribution >= 0.6 is 0 Å². The second kappa shape index (κ2) is 5.35. The Morgan fingerprint density at radius 3 is 2.50 bits per heavy atom. The van der Waals surface area contributed by atoms with Gasteiger partial charge < -0.3 is 10.0 Å².